The number of carbonyl (C=O) groups excluding carboxylic acids is 1. The first-order chi connectivity index (χ1) is 5.59. The second kappa shape index (κ2) is 3.44. The van der Waals surface area contributed by atoms with E-state index in [1.54, 1.807) is 0 Å². The number of amides is 1. The first-order valence-corrected chi connectivity index (χ1v) is 4.57. The molecule has 12 heavy (non-hydrogen) atoms. The van der Waals surface area contributed by atoms with Gasteiger partial charge in [0.1, 0.15) is 0 Å². The van der Waals surface area contributed by atoms with Crippen LogP contribution in [0.4, 0.5) is 0 Å². The lowest BCUT2D eigenvalue weighted by molar-refractivity contribution is -0.124. The van der Waals surface area contributed by atoms with Crippen molar-refractivity contribution in [3.05, 3.63) is 0 Å². The standard InChI is InChI=1S/C9H18N2O/c1-7(2)8(12)11-6-9(5-10)3-4-9/h7H,3-6,10H2,1-2H3,(H,11,12). The molecule has 0 saturated heterocycles. The van der Waals surface area contributed by atoms with Crippen LogP contribution in [0, 0.1) is 11.3 Å². The molecule has 1 aliphatic rings. The van der Waals surface area contributed by atoms with E-state index >= 15 is 0 Å². The van der Waals surface area contributed by atoms with Gasteiger partial charge < -0.3 is 11.1 Å². The molecule has 1 saturated carbocycles. The first kappa shape index (κ1) is 9.52. The lowest BCUT2D eigenvalue weighted by Crippen LogP contribution is -2.36. The number of nitrogens with two attached hydrogens (primary N) is 1. The molecule has 0 aliphatic heterocycles. The first-order valence-electron chi connectivity index (χ1n) is 4.57. The summed E-state index contributed by atoms with van der Waals surface area (Å²) in [7, 11) is 0. The summed E-state index contributed by atoms with van der Waals surface area (Å²) < 4.78 is 0. The molecule has 3 heteroatoms. The molecule has 0 atom stereocenters. The molecule has 0 unspecified atom stereocenters. The van der Waals surface area contributed by atoms with Crippen LogP contribution in [0.3, 0.4) is 0 Å². The number of hydrogen-bond acceptors (Lipinski definition) is 2. The molecule has 1 fully saturated rings. The summed E-state index contributed by atoms with van der Waals surface area (Å²) in [5, 5.41) is 2.92. The molecule has 0 bridgehead atoms. The lowest BCUT2D eigenvalue weighted by atomic mass is 10.1. The minimum absolute atomic E-state index is 0.0820. The van der Waals surface area contributed by atoms with Crippen molar-refractivity contribution in [3.63, 3.8) is 0 Å². The largest absolute Gasteiger partial charge is 0.355 e. The molecule has 1 amide bonds. The zero-order valence-electron chi connectivity index (χ0n) is 7.89. The average Bonchev–Trinajstić information content (AvgIpc) is 2.81. The van der Waals surface area contributed by atoms with Crippen molar-refractivity contribution >= 4 is 5.91 Å². The smallest absolute Gasteiger partial charge is 0.222 e. The normalized spacial score (nSPS) is 19.3. The van der Waals surface area contributed by atoms with E-state index in [9.17, 15) is 4.79 Å². The SMILES string of the molecule is CC(C)C(=O)NCC1(CN)CC1. The van der Waals surface area contributed by atoms with Crippen molar-refractivity contribution in [2.24, 2.45) is 17.1 Å². The van der Waals surface area contributed by atoms with E-state index in [0.717, 1.165) is 6.54 Å². The van der Waals surface area contributed by atoms with E-state index in [1.807, 2.05) is 13.8 Å². The van der Waals surface area contributed by atoms with Crippen LogP contribution < -0.4 is 11.1 Å². The van der Waals surface area contributed by atoms with E-state index in [0.29, 0.717) is 6.54 Å². The predicted octanol–water partition coefficient (Wildman–Crippen LogP) is 0.497. The van der Waals surface area contributed by atoms with Crippen LogP contribution in [0.5, 0.6) is 0 Å². The molecule has 0 aromatic rings. The van der Waals surface area contributed by atoms with Crippen LogP contribution in [-0.2, 0) is 4.79 Å². The summed E-state index contributed by atoms with van der Waals surface area (Å²) in [6.45, 7) is 5.26. The highest BCUT2D eigenvalue weighted by molar-refractivity contribution is 5.77. The second-order valence-corrected chi connectivity index (χ2v) is 4.08. The van der Waals surface area contributed by atoms with E-state index in [2.05, 4.69) is 5.32 Å². The summed E-state index contributed by atoms with van der Waals surface area (Å²) in [6, 6.07) is 0. The van der Waals surface area contributed by atoms with Crippen molar-refractivity contribution in [2.75, 3.05) is 13.1 Å². The zero-order valence-corrected chi connectivity index (χ0v) is 7.89. The van der Waals surface area contributed by atoms with Gasteiger partial charge in [0.05, 0.1) is 0 Å². The monoisotopic (exact) mass is 170 g/mol. The topological polar surface area (TPSA) is 55.1 Å². The third-order valence-corrected chi connectivity index (χ3v) is 2.55. The van der Waals surface area contributed by atoms with Gasteiger partial charge in [0.2, 0.25) is 5.91 Å². The van der Waals surface area contributed by atoms with Crippen LogP contribution in [0.1, 0.15) is 26.7 Å². The number of carbonyl (C=O) groups is 1. The Bertz CT molecular complexity index is 173. The maximum Gasteiger partial charge on any atom is 0.222 e. The van der Waals surface area contributed by atoms with E-state index in [4.69, 9.17) is 5.73 Å². The van der Waals surface area contributed by atoms with Gasteiger partial charge in [-0.15, -0.1) is 0 Å². The molecule has 0 spiro atoms. The van der Waals surface area contributed by atoms with Crippen LogP contribution in [0.2, 0.25) is 0 Å². The van der Waals surface area contributed by atoms with Gasteiger partial charge in [-0.1, -0.05) is 13.8 Å². The molecule has 70 valence electrons. The molecular weight excluding hydrogens is 152 g/mol. The van der Waals surface area contributed by atoms with Gasteiger partial charge in [-0.25, -0.2) is 0 Å². The summed E-state index contributed by atoms with van der Waals surface area (Å²) in [4.78, 5) is 11.2. The zero-order chi connectivity index (χ0) is 9.19. The number of nitrogens with one attached hydrogen (secondary N) is 1. The third kappa shape index (κ3) is 2.21. The summed E-state index contributed by atoms with van der Waals surface area (Å²) in [6.07, 6.45) is 2.34. The van der Waals surface area contributed by atoms with Gasteiger partial charge in [-0.05, 0) is 24.8 Å². The van der Waals surface area contributed by atoms with Crippen molar-refractivity contribution in [1.82, 2.24) is 5.32 Å². The predicted molar refractivity (Wildman–Crippen MR) is 48.6 cm³/mol. The second-order valence-electron chi connectivity index (χ2n) is 4.08. The summed E-state index contributed by atoms with van der Waals surface area (Å²) >= 11 is 0. The number of hydrogen-bond donors (Lipinski definition) is 2. The summed E-state index contributed by atoms with van der Waals surface area (Å²) in [5.74, 6) is 0.216. The minimum Gasteiger partial charge on any atom is -0.355 e. The van der Waals surface area contributed by atoms with E-state index < -0.39 is 0 Å². The van der Waals surface area contributed by atoms with Gasteiger partial charge in [0.15, 0.2) is 0 Å². The fourth-order valence-electron chi connectivity index (χ4n) is 1.11. The highest BCUT2D eigenvalue weighted by atomic mass is 16.1. The van der Waals surface area contributed by atoms with Crippen molar-refractivity contribution in [1.29, 1.82) is 0 Å². The van der Waals surface area contributed by atoms with Crippen LogP contribution in [-0.4, -0.2) is 19.0 Å². The van der Waals surface area contributed by atoms with Gasteiger partial charge in [-0.2, -0.15) is 0 Å². The Labute approximate surface area is 73.7 Å². The quantitative estimate of drug-likeness (QED) is 0.645. The lowest BCUT2D eigenvalue weighted by Gasteiger charge is -2.14. The van der Waals surface area contributed by atoms with Gasteiger partial charge in [-0.3, -0.25) is 4.79 Å². The molecular formula is C9H18N2O. The fraction of sp³-hybridized carbons (Fsp3) is 0.889. The Morgan fingerprint density at radius 1 is 1.58 bits per heavy atom. The van der Waals surface area contributed by atoms with Gasteiger partial charge >= 0.3 is 0 Å². The molecule has 0 heterocycles. The molecule has 1 rings (SSSR count). The van der Waals surface area contributed by atoms with Gasteiger partial charge in [0, 0.05) is 12.5 Å². The van der Waals surface area contributed by atoms with Crippen LogP contribution in [0.25, 0.3) is 0 Å². The van der Waals surface area contributed by atoms with Crippen LogP contribution >= 0.6 is 0 Å². The highest BCUT2D eigenvalue weighted by Crippen LogP contribution is 2.43. The highest BCUT2D eigenvalue weighted by Gasteiger charge is 2.41. The Hall–Kier alpha value is -0.570. The average molecular weight is 170 g/mol. The Kier molecular flexibility index (Phi) is 2.73. The molecule has 3 N–H and O–H groups in total. The molecule has 0 radical (unpaired) electrons. The van der Waals surface area contributed by atoms with Crippen molar-refractivity contribution in [3.8, 4) is 0 Å². The Morgan fingerprint density at radius 2 is 2.17 bits per heavy atom. The molecule has 0 aromatic heterocycles. The minimum atomic E-state index is 0.0820. The van der Waals surface area contributed by atoms with Gasteiger partial charge in [0.25, 0.3) is 0 Å². The maximum absolute atomic E-state index is 11.2. The van der Waals surface area contributed by atoms with Crippen molar-refractivity contribution < 1.29 is 4.79 Å². The van der Waals surface area contributed by atoms with E-state index in [1.165, 1.54) is 12.8 Å². The Balaban J connectivity index is 2.21. The number of rotatable bonds is 4. The molecule has 0 aromatic carbocycles. The van der Waals surface area contributed by atoms with E-state index in [-0.39, 0.29) is 17.2 Å². The third-order valence-electron chi connectivity index (χ3n) is 2.55. The summed E-state index contributed by atoms with van der Waals surface area (Å²) in [5.41, 5.74) is 5.83. The Morgan fingerprint density at radius 3 is 2.50 bits per heavy atom. The fourth-order valence-corrected chi connectivity index (χ4v) is 1.11. The molecule has 3 nitrogen and oxygen atoms in total. The van der Waals surface area contributed by atoms with Crippen molar-refractivity contribution in [2.45, 2.75) is 26.7 Å². The maximum atomic E-state index is 11.2. The molecule has 1 aliphatic carbocycles. The van der Waals surface area contributed by atoms with Crippen LogP contribution in [0.15, 0.2) is 0 Å².